The van der Waals surface area contributed by atoms with Crippen molar-refractivity contribution in [1.29, 1.82) is 0 Å². The molecule has 102 valence electrons. The van der Waals surface area contributed by atoms with Gasteiger partial charge >= 0.3 is 12.1 Å². The molecule has 2 aromatic rings. The molecule has 0 bridgehead atoms. The van der Waals surface area contributed by atoms with Crippen LogP contribution in [0.3, 0.4) is 0 Å². The lowest BCUT2D eigenvalue weighted by atomic mass is 10.1. The fraction of sp³-hybridized carbons (Fsp3) is 0.364. The largest absolute Gasteiger partial charge is 0.477 e. The molecule has 2 heterocycles. The summed E-state index contributed by atoms with van der Waals surface area (Å²) in [5.74, 6) is -1.60. The number of aromatic nitrogens is 3. The van der Waals surface area contributed by atoms with Gasteiger partial charge in [-0.25, -0.2) is 14.3 Å². The summed E-state index contributed by atoms with van der Waals surface area (Å²) in [4.78, 5) is 14.5. The molecule has 0 amide bonds. The summed E-state index contributed by atoms with van der Waals surface area (Å²) in [5.41, 5.74) is -1.52. The number of carbonyl (C=O) groups is 1. The lowest BCUT2D eigenvalue weighted by Crippen LogP contribution is -2.16. The standard InChI is InChI=1S/C11H10F3N3O2/c1-5(2)6-4-9-15-7(10(18)19)3-8(11(12,13)14)17(9)16-6/h3-5H,1-2H3,(H,18,19). The maximum absolute atomic E-state index is 12.9. The van der Waals surface area contributed by atoms with E-state index in [0.29, 0.717) is 16.3 Å². The molecule has 0 fully saturated rings. The van der Waals surface area contributed by atoms with Crippen LogP contribution in [0.2, 0.25) is 0 Å². The molecule has 0 spiro atoms. The number of rotatable bonds is 2. The van der Waals surface area contributed by atoms with Crippen LogP contribution < -0.4 is 0 Å². The van der Waals surface area contributed by atoms with Gasteiger partial charge in [-0.3, -0.25) is 0 Å². The fourth-order valence-electron chi connectivity index (χ4n) is 1.59. The van der Waals surface area contributed by atoms with Crippen molar-refractivity contribution in [3.8, 4) is 0 Å². The molecule has 2 aromatic heterocycles. The van der Waals surface area contributed by atoms with Gasteiger partial charge in [0.05, 0.1) is 5.69 Å². The molecule has 2 rings (SSSR count). The molecule has 1 N–H and O–H groups in total. The zero-order chi connectivity index (χ0) is 14.4. The highest BCUT2D eigenvalue weighted by atomic mass is 19.4. The summed E-state index contributed by atoms with van der Waals surface area (Å²) in [7, 11) is 0. The van der Waals surface area contributed by atoms with Crippen LogP contribution in [0.1, 0.15) is 41.6 Å². The predicted molar refractivity (Wildman–Crippen MR) is 59.0 cm³/mol. The second-order valence-corrected chi connectivity index (χ2v) is 4.32. The fourth-order valence-corrected chi connectivity index (χ4v) is 1.59. The third-order valence-electron chi connectivity index (χ3n) is 2.55. The van der Waals surface area contributed by atoms with Crippen LogP contribution in [0, 0.1) is 0 Å². The van der Waals surface area contributed by atoms with Gasteiger partial charge in [-0.2, -0.15) is 18.3 Å². The summed E-state index contributed by atoms with van der Waals surface area (Å²) in [6.07, 6.45) is -4.70. The molecule has 0 unspecified atom stereocenters. The van der Waals surface area contributed by atoms with Gasteiger partial charge in [0, 0.05) is 12.1 Å². The zero-order valence-electron chi connectivity index (χ0n) is 10.1. The van der Waals surface area contributed by atoms with Crippen LogP contribution in [-0.4, -0.2) is 25.7 Å². The topological polar surface area (TPSA) is 67.5 Å². The minimum Gasteiger partial charge on any atom is -0.477 e. The second kappa shape index (κ2) is 4.22. The van der Waals surface area contributed by atoms with Crippen molar-refractivity contribution < 1.29 is 23.1 Å². The van der Waals surface area contributed by atoms with Crippen molar-refractivity contribution in [2.75, 3.05) is 0 Å². The molecule has 19 heavy (non-hydrogen) atoms. The number of hydrogen-bond donors (Lipinski definition) is 1. The monoisotopic (exact) mass is 273 g/mol. The van der Waals surface area contributed by atoms with Crippen molar-refractivity contribution in [2.45, 2.75) is 25.9 Å². The first-order valence-corrected chi connectivity index (χ1v) is 5.41. The quantitative estimate of drug-likeness (QED) is 0.913. The van der Waals surface area contributed by atoms with Gasteiger partial charge in [0.2, 0.25) is 0 Å². The van der Waals surface area contributed by atoms with Crippen molar-refractivity contribution >= 4 is 11.6 Å². The van der Waals surface area contributed by atoms with Crippen LogP contribution in [0.5, 0.6) is 0 Å². The zero-order valence-corrected chi connectivity index (χ0v) is 10.1. The summed E-state index contributed by atoms with van der Waals surface area (Å²) in [6.45, 7) is 3.54. The molecule has 0 aliphatic heterocycles. The molecule has 5 nitrogen and oxygen atoms in total. The van der Waals surface area contributed by atoms with Crippen LogP contribution in [-0.2, 0) is 6.18 Å². The van der Waals surface area contributed by atoms with Gasteiger partial charge < -0.3 is 5.11 Å². The Kier molecular flexibility index (Phi) is 2.95. The highest BCUT2D eigenvalue weighted by Gasteiger charge is 2.36. The molecule has 0 aliphatic rings. The highest BCUT2D eigenvalue weighted by Crippen LogP contribution is 2.30. The van der Waals surface area contributed by atoms with Gasteiger partial charge in [0.15, 0.2) is 17.0 Å². The Morgan fingerprint density at radius 1 is 1.37 bits per heavy atom. The average molecular weight is 273 g/mol. The van der Waals surface area contributed by atoms with Gasteiger partial charge in [-0.15, -0.1) is 0 Å². The smallest absolute Gasteiger partial charge is 0.433 e. The Balaban J connectivity index is 2.79. The van der Waals surface area contributed by atoms with E-state index in [1.54, 1.807) is 13.8 Å². The van der Waals surface area contributed by atoms with Gasteiger partial charge in [-0.05, 0) is 5.92 Å². The van der Waals surface area contributed by atoms with E-state index in [1.165, 1.54) is 6.07 Å². The number of nitrogens with zero attached hydrogens (tertiary/aromatic N) is 3. The molecular formula is C11H10F3N3O2. The normalized spacial score (nSPS) is 12.3. The number of carboxylic acid groups (broad SMARTS) is 1. The van der Waals surface area contributed by atoms with Crippen molar-refractivity contribution in [2.24, 2.45) is 0 Å². The molecule has 0 aliphatic carbocycles. The molecule has 0 radical (unpaired) electrons. The van der Waals surface area contributed by atoms with Crippen molar-refractivity contribution in [1.82, 2.24) is 14.6 Å². The average Bonchev–Trinajstić information content (AvgIpc) is 2.69. The van der Waals surface area contributed by atoms with E-state index in [1.807, 2.05) is 0 Å². The van der Waals surface area contributed by atoms with E-state index < -0.39 is 23.5 Å². The third-order valence-corrected chi connectivity index (χ3v) is 2.55. The molecule has 0 saturated heterocycles. The molecule has 8 heteroatoms. The van der Waals surface area contributed by atoms with E-state index in [2.05, 4.69) is 10.1 Å². The number of hydrogen-bond acceptors (Lipinski definition) is 3. The Morgan fingerprint density at radius 2 is 2.00 bits per heavy atom. The number of aromatic carboxylic acids is 1. The highest BCUT2D eigenvalue weighted by molar-refractivity contribution is 5.86. The van der Waals surface area contributed by atoms with E-state index in [4.69, 9.17) is 5.11 Å². The van der Waals surface area contributed by atoms with E-state index in [-0.39, 0.29) is 11.6 Å². The molecular weight excluding hydrogens is 263 g/mol. The first-order valence-electron chi connectivity index (χ1n) is 5.41. The summed E-state index contributed by atoms with van der Waals surface area (Å²) in [6, 6.07) is 1.83. The maximum Gasteiger partial charge on any atom is 0.433 e. The van der Waals surface area contributed by atoms with Crippen LogP contribution in [0.15, 0.2) is 12.1 Å². The van der Waals surface area contributed by atoms with Crippen LogP contribution >= 0.6 is 0 Å². The summed E-state index contributed by atoms with van der Waals surface area (Å²) in [5, 5.41) is 12.6. The second-order valence-electron chi connectivity index (χ2n) is 4.32. The number of carboxylic acids is 1. The Morgan fingerprint density at radius 3 is 2.47 bits per heavy atom. The number of halogens is 3. The molecule has 0 atom stereocenters. The SMILES string of the molecule is CC(C)c1cc2nc(C(=O)O)cc(C(F)(F)F)n2n1. The Bertz CT molecular complexity index is 646. The number of alkyl halides is 3. The Labute approximate surface area is 105 Å². The van der Waals surface area contributed by atoms with Crippen molar-refractivity contribution in [3.63, 3.8) is 0 Å². The summed E-state index contributed by atoms with van der Waals surface area (Å²) >= 11 is 0. The molecule has 0 saturated carbocycles. The van der Waals surface area contributed by atoms with Gasteiger partial charge in [-0.1, -0.05) is 13.8 Å². The van der Waals surface area contributed by atoms with Gasteiger partial charge in [0.25, 0.3) is 0 Å². The Hall–Kier alpha value is -2.12. The van der Waals surface area contributed by atoms with Crippen LogP contribution in [0.4, 0.5) is 13.2 Å². The first kappa shape index (κ1) is 13.3. The first-order chi connectivity index (χ1) is 8.70. The van der Waals surface area contributed by atoms with E-state index in [0.717, 1.165) is 0 Å². The van der Waals surface area contributed by atoms with Crippen LogP contribution in [0.25, 0.3) is 5.65 Å². The van der Waals surface area contributed by atoms with Crippen molar-refractivity contribution in [3.05, 3.63) is 29.2 Å². The minimum atomic E-state index is -4.70. The summed E-state index contributed by atoms with van der Waals surface area (Å²) < 4.78 is 39.3. The predicted octanol–water partition coefficient (Wildman–Crippen LogP) is 2.57. The van der Waals surface area contributed by atoms with E-state index >= 15 is 0 Å². The lowest BCUT2D eigenvalue weighted by Gasteiger charge is -2.09. The van der Waals surface area contributed by atoms with Gasteiger partial charge in [0.1, 0.15) is 0 Å². The van der Waals surface area contributed by atoms with E-state index in [9.17, 15) is 18.0 Å². The lowest BCUT2D eigenvalue weighted by molar-refractivity contribution is -0.142. The molecule has 0 aromatic carbocycles. The minimum absolute atomic E-state index is 0.0870. The maximum atomic E-state index is 12.9. The third kappa shape index (κ3) is 2.38. The number of fused-ring (bicyclic) bond motifs is 1.